The number of halogens is 1. The Morgan fingerprint density at radius 1 is 1.06 bits per heavy atom. The lowest BCUT2D eigenvalue weighted by Crippen LogP contribution is -2.56. The van der Waals surface area contributed by atoms with Crippen molar-refractivity contribution in [2.45, 2.75) is 26.8 Å². The van der Waals surface area contributed by atoms with Crippen LogP contribution in [0.3, 0.4) is 0 Å². The lowest BCUT2D eigenvalue weighted by Gasteiger charge is -2.38. The second kappa shape index (κ2) is 10.5. The van der Waals surface area contributed by atoms with Crippen LogP contribution in [0.5, 0.6) is 5.75 Å². The van der Waals surface area contributed by atoms with E-state index in [9.17, 15) is 9.59 Å². The van der Waals surface area contributed by atoms with Crippen LogP contribution in [-0.2, 0) is 4.79 Å². The molecule has 1 aliphatic heterocycles. The summed E-state index contributed by atoms with van der Waals surface area (Å²) in [5, 5.41) is 3.64. The molecule has 0 saturated carbocycles. The molecule has 0 aromatic heterocycles. The first kappa shape index (κ1) is 22.9. The fourth-order valence-electron chi connectivity index (χ4n) is 3.72. The van der Waals surface area contributed by atoms with E-state index < -0.39 is 6.04 Å². The summed E-state index contributed by atoms with van der Waals surface area (Å²) in [7, 11) is 0. The molecular formula is C24H30ClN3O3. The molecule has 1 N–H and O–H groups in total. The van der Waals surface area contributed by atoms with Gasteiger partial charge in [-0.05, 0) is 43.2 Å². The van der Waals surface area contributed by atoms with Crippen LogP contribution in [0, 0.1) is 5.92 Å². The predicted molar refractivity (Wildman–Crippen MR) is 124 cm³/mol. The van der Waals surface area contributed by atoms with Gasteiger partial charge in [-0.25, -0.2) is 0 Å². The molecule has 1 aliphatic rings. The Labute approximate surface area is 189 Å². The second-order valence-electron chi connectivity index (χ2n) is 7.92. The van der Waals surface area contributed by atoms with Crippen molar-refractivity contribution in [1.29, 1.82) is 0 Å². The number of anilines is 1. The van der Waals surface area contributed by atoms with Crippen molar-refractivity contribution in [3.63, 3.8) is 0 Å². The molecule has 0 aliphatic carbocycles. The van der Waals surface area contributed by atoms with Crippen LogP contribution in [0.15, 0.2) is 48.5 Å². The number of hydrogen-bond acceptors (Lipinski definition) is 4. The van der Waals surface area contributed by atoms with Gasteiger partial charge in [-0.2, -0.15) is 0 Å². The third-order valence-electron chi connectivity index (χ3n) is 5.42. The average molecular weight is 444 g/mol. The summed E-state index contributed by atoms with van der Waals surface area (Å²) >= 11 is 6.11. The first-order chi connectivity index (χ1) is 14.9. The molecule has 3 rings (SSSR count). The first-order valence-corrected chi connectivity index (χ1v) is 11.1. The van der Waals surface area contributed by atoms with Gasteiger partial charge in [0.15, 0.2) is 0 Å². The van der Waals surface area contributed by atoms with Crippen molar-refractivity contribution in [1.82, 2.24) is 10.2 Å². The maximum absolute atomic E-state index is 13.3. The van der Waals surface area contributed by atoms with Crippen LogP contribution in [0.2, 0.25) is 5.02 Å². The minimum Gasteiger partial charge on any atom is -0.493 e. The Balaban J connectivity index is 1.65. The first-order valence-electron chi connectivity index (χ1n) is 10.7. The zero-order chi connectivity index (χ0) is 22.4. The maximum atomic E-state index is 13.3. The third-order valence-corrected chi connectivity index (χ3v) is 5.65. The molecule has 2 aromatic carbocycles. The molecule has 1 unspecified atom stereocenters. The van der Waals surface area contributed by atoms with Gasteiger partial charge < -0.3 is 19.9 Å². The van der Waals surface area contributed by atoms with Crippen molar-refractivity contribution in [2.24, 2.45) is 5.92 Å². The molecule has 31 heavy (non-hydrogen) atoms. The largest absolute Gasteiger partial charge is 0.493 e. The molecule has 1 fully saturated rings. The minimum atomic E-state index is -0.597. The summed E-state index contributed by atoms with van der Waals surface area (Å²) in [4.78, 5) is 30.2. The number of nitrogens with one attached hydrogen (secondary N) is 1. The number of amides is 2. The molecule has 0 bridgehead atoms. The van der Waals surface area contributed by atoms with Gasteiger partial charge in [0.25, 0.3) is 5.91 Å². The van der Waals surface area contributed by atoms with E-state index in [-0.39, 0.29) is 17.7 Å². The van der Waals surface area contributed by atoms with E-state index in [2.05, 4.69) is 10.2 Å². The van der Waals surface area contributed by atoms with Gasteiger partial charge in [-0.1, -0.05) is 43.6 Å². The molecule has 1 heterocycles. The Morgan fingerprint density at radius 3 is 2.42 bits per heavy atom. The summed E-state index contributed by atoms with van der Waals surface area (Å²) < 4.78 is 5.57. The quantitative estimate of drug-likeness (QED) is 0.706. The number of hydrogen-bond donors (Lipinski definition) is 1. The molecule has 166 valence electrons. The van der Waals surface area contributed by atoms with Gasteiger partial charge in [0.05, 0.1) is 12.2 Å². The minimum absolute atomic E-state index is 0.0401. The fourth-order valence-corrected chi connectivity index (χ4v) is 3.91. The van der Waals surface area contributed by atoms with Crippen molar-refractivity contribution < 1.29 is 14.3 Å². The van der Waals surface area contributed by atoms with Gasteiger partial charge in [0.1, 0.15) is 11.8 Å². The van der Waals surface area contributed by atoms with Crippen molar-refractivity contribution >= 4 is 29.1 Å². The fraction of sp³-hybridized carbons (Fsp3) is 0.417. The molecular weight excluding hydrogens is 414 g/mol. The van der Waals surface area contributed by atoms with E-state index in [1.54, 1.807) is 18.2 Å². The van der Waals surface area contributed by atoms with Gasteiger partial charge in [0.2, 0.25) is 5.91 Å². The molecule has 0 spiro atoms. The number of ether oxygens (including phenoxy) is 1. The van der Waals surface area contributed by atoms with Gasteiger partial charge in [-0.15, -0.1) is 0 Å². The van der Waals surface area contributed by atoms with E-state index in [1.807, 2.05) is 56.0 Å². The summed E-state index contributed by atoms with van der Waals surface area (Å²) in [6.07, 6.45) is 0. The molecule has 1 atom stereocenters. The summed E-state index contributed by atoms with van der Waals surface area (Å²) in [5.74, 6) is 0.130. The van der Waals surface area contributed by atoms with Gasteiger partial charge >= 0.3 is 0 Å². The molecule has 2 amide bonds. The standard InChI is InChI=1S/C24H30ClN3O3/c1-4-31-21-11-6-5-10-20(21)23(29)26-22(17(2)3)24(30)28-14-12-27(13-15-28)19-9-7-8-18(25)16-19/h5-11,16-17,22H,4,12-15H2,1-3H3,(H,26,29). The lowest BCUT2D eigenvalue weighted by molar-refractivity contribution is -0.134. The average Bonchev–Trinajstić information content (AvgIpc) is 2.77. The zero-order valence-electron chi connectivity index (χ0n) is 18.3. The Bertz CT molecular complexity index is 910. The predicted octanol–water partition coefficient (Wildman–Crippen LogP) is 3.84. The summed E-state index contributed by atoms with van der Waals surface area (Å²) in [6.45, 7) is 8.86. The Hall–Kier alpha value is -2.73. The van der Waals surface area contributed by atoms with E-state index >= 15 is 0 Å². The number of carbonyl (C=O) groups is 2. The highest BCUT2D eigenvalue weighted by Crippen LogP contribution is 2.22. The third kappa shape index (κ3) is 5.70. The Kier molecular flexibility index (Phi) is 7.80. The number of piperazine rings is 1. The molecule has 6 nitrogen and oxygen atoms in total. The van der Waals surface area contributed by atoms with Gasteiger partial charge in [0, 0.05) is 36.9 Å². The highest BCUT2D eigenvalue weighted by Gasteiger charge is 2.31. The molecule has 0 radical (unpaired) electrons. The monoisotopic (exact) mass is 443 g/mol. The zero-order valence-corrected chi connectivity index (χ0v) is 19.1. The summed E-state index contributed by atoms with van der Waals surface area (Å²) in [5.41, 5.74) is 1.49. The van der Waals surface area contributed by atoms with E-state index in [4.69, 9.17) is 16.3 Å². The van der Waals surface area contributed by atoms with Crippen molar-refractivity contribution in [3.8, 4) is 5.75 Å². The SMILES string of the molecule is CCOc1ccccc1C(=O)NC(C(=O)N1CCN(c2cccc(Cl)c2)CC1)C(C)C. The van der Waals surface area contributed by atoms with Crippen LogP contribution in [-0.4, -0.2) is 55.5 Å². The van der Waals surface area contributed by atoms with Crippen molar-refractivity contribution in [2.75, 3.05) is 37.7 Å². The highest BCUT2D eigenvalue weighted by molar-refractivity contribution is 6.30. The smallest absolute Gasteiger partial charge is 0.255 e. The van der Waals surface area contributed by atoms with Crippen molar-refractivity contribution in [3.05, 3.63) is 59.1 Å². The van der Waals surface area contributed by atoms with E-state index in [0.717, 1.165) is 18.8 Å². The van der Waals surface area contributed by atoms with Crippen LogP contribution >= 0.6 is 11.6 Å². The highest BCUT2D eigenvalue weighted by atomic mass is 35.5. The molecule has 7 heteroatoms. The molecule has 2 aromatic rings. The number of rotatable bonds is 7. The van der Waals surface area contributed by atoms with Gasteiger partial charge in [-0.3, -0.25) is 9.59 Å². The van der Waals surface area contributed by atoms with Crippen LogP contribution < -0.4 is 15.0 Å². The topological polar surface area (TPSA) is 61.9 Å². The van der Waals surface area contributed by atoms with E-state index in [1.165, 1.54) is 0 Å². The summed E-state index contributed by atoms with van der Waals surface area (Å²) in [6, 6.07) is 14.2. The number of benzene rings is 2. The van der Waals surface area contributed by atoms with E-state index in [0.29, 0.717) is 36.0 Å². The second-order valence-corrected chi connectivity index (χ2v) is 8.35. The maximum Gasteiger partial charge on any atom is 0.255 e. The Morgan fingerprint density at radius 2 is 1.77 bits per heavy atom. The number of nitrogens with zero attached hydrogens (tertiary/aromatic N) is 2. The van der Waals surface area contributed by atoms with Crippen LogP contribution in [0.4, 0.5) is 5.69 Å². The van der Waals surface area contributed by atoms with Crippen LogP contribution in [0.25, 0.3) is 0 Å². The number of para-hydroxylation sites is 1. The van der Waals surface area contributed by atoms with Crippen LogP contribution in [0.1, 0.15) is 31.1 Å². The number of carbonyl (C=O) groups excluding carboxylic acids is 2. The lowest BCUT2D eigenvalue weighted by atomic mass is 10.0. The normalized spacial score (nSPS) is 15.0. The molecule has 1 saturated heterocycles.